The highest BCUT2D eigenvalue weighted by atomic mass is 16.6. The van der Waals surface area contributed by atoms with Crippen molar-refractivity contribution in [3.05, 3.63) is 0 Å². The van der Waals surface area contributed by atoms with Crippen LogP contribution >= 0.6 is 0 Å². The molecular weight excluding hydrogens is 304 g/mol. The van der Waals surface area contributed by atoms with Crippen LogP contribution in [0.4, 0.5) is 0 Å². The van der Waals surface area contributed by atoms with Gasteiger partial charge in [0.15, 0.2) is 0 Å². The Morgan fingerprint density at radius 3 is 2.92 bits per heavy atom. The van der Waals surface area contributed by atoms with E-state index in [9.17, 15) is 4.79 Å². The van der Waals surface area contributed by atoms with Crippen molar-refractivity contribution in [1.29, 1.82) is 0 Å². The van der Waals surface area contributed by atoms with Crippen LogP contribution in [0.25, 0.3) is 0 Å². The third kappa shape index (κ3) is 2.27. The molecule has 1 N–H and O–H groups in total. The summed E-state index contributed by atoms with van der Waals surface area (Å²) >= 11 is 0. The Bertz CT molecular complexity index is 525. The Kier molecular flexibility index (Phi) is 3.98. The summed E-state index contributed by atoms with van der Waals surface area (Å²) < 4.78 is 12.3. The maximum absolute atomic E-state index is 12.5. The van der Waals surface area contributed by atoms with E-state index in [1.807, 2.05) is 0 Å². The van der Waals surface area contributed by atoms with E-state index < -0.39 is 0 Å². The van der Waals surface area contributed by atoms with Gasteiger partial charge in [-0.25, -0.2) is 0 Å². The average Bonchev–Trinajstić information content (AvgIpc) is 3.18. The van der Waals surface area contributed by atoms with Gasteiger partial charge in [0.1, 0.15) is 11.7 Å². The van der Waals surface area contributed by atoms with Gasteiger partial charge in [-0.1, -0.05) is 20.3 Å². The molecule has 7 atom stereocenters. The Balaban J connectivity index is 1.48. The van der Waals surface area contributed by atoms with Crippen molar-refractivity contribution in [3.63, 3.8) is 0 Å². The highest BCUT2D eigenvalue weighted by Gasteiger charge is 2.78. The van der Waals surface area contributed by atoms with Crippen LogP contribution in [0.5, 0.6) is 0 Å². The summed E-state index contributed by atoms with van der Waals surface area (Å²) in [5.74, 6) is 0.793. The second-order valence-electron chi connectivity index (χ2n) is 9.06. The molecule has 24 heavy (non-hydrogen) atoms. The van der Waals surface area contributed by atoms with Gasteiger partial charge >= 0.3 is 5.97 Å². The number of hydrogen-bond acceptors (Lipinski definition) is 5. The molecule has 5 nitrogen and oxygen atoms in total. The third-order valence-corrected chi connectivity index (χ3v) is 7.29. The van der Waals surface area contributed by atoms with Crippen LogP contribution in [0.15, 0.2) is 0 Å². The predicted molar refractivity (Wildman–Crippen MR) is 91.6 cm³/mol. The number of epoxide rings is 1. The lowest BCUT2D eigenvalue weighted by Crippen LogP contribution is -2.54. The van der Waals surface area contributed by atoms with Gasteiger partial charge in [-0.05, 0) is 39.3 Å². The largest absolute Gasteiger partial charge is 0.462 e. The van der Waals surface area contributed by atoms with Crippen molar-refractivity contribution in [3.8, 4) is 0 Å². The van der Waals surface area contributed by atoms with E-state index in [1.165, 1.54) is 19.3 Å². The summed E-state index contributed by atoms with van der Waals surface area (Å²) in [4.78, 5) is 14.6. The zero-order chi connectivity index (χ0) is 17.1. The maximum atomic E-state index is 12.5. The first-order valence-corrected chi connectivity index (χ1v) is 9.63. The topological polar surface area (TPSA) is 54.1 Å². The summed E-state index contributed by atoms with van der Waals surface area (Å²) in [5, 5.41) is 3.45. The molecule has 0 aromatic heterocycles. The first-order valence-electron chi connectivity index (χ1n) is 9.63. The smallest absolute Gasteiger partial charge is 0.311 e. The molecular formula is C19H32N2O3. The molecule has 4 rings (SSSR count). The number of nitrogens with zero attached hydrogens (tertiary/aromatic N) is 1. The van der Waals surface area contributed by atoms with E-state index in [0.717, 1.165) is 26.1 Å². The van der Waals surface area contributed by atoms with Crippen molar-refractivity contribution in [2.45, 2.75) is 57.3 Å². The molecule has 0 radical (unpaired) electrons. The first kappa shape index (κ1) is 16.8. The number of nitrogens with one attached hydrogen (secondary N) is 1. The van der Waals surface area contributed by atoms with E-state index >= 15 is 0 Å². The summed E-state index contributed by atoms with van der Waals surface area (Å²) in [6.07, 6.45) is 5.01. The lowest BCUT2D eigenvalue weighted by Gasteiger charge is -2.48. The van der Waals surface area contributed by atoms with Gasteiger partial charge < -0.3 is 19.7 Å². The number of esters is 1. The van der Waals surface area contributed by atoms with Gasteiger partial charge in [0.05, 0.1) is 12.0 Å². The minimum Gasteiger partial charge on any atom is -0.462 e. The second kappa shape index (κ2) is 5.68. The summed E-state index contributed by atoms with van der Waals surface area (Å²) in [6.45, 7) is 7.32. The van der Waals surface area contributed by atoms with Gasteiger partial charge in [-0.15, -0.1) is 0 Å². The lowest BCUT2D eigenvalue weighted by atomic mass is 9.53. The fourth-order valence-corrected chi connectivity index (χ4v) is 6.03. The van der Waals surface area contributed by atoms with E-state index in [1.54, 1.807) is 0 Å². The molecule has 5 heteroatoms. The van der Waals surface area contributed by atoms with E-state index in [0.29, 0.717) is 5.92 Å². The molecule has 0 aromatic carbocycles. The summed E-state index contributed by atoms with van der Waals surface area (Å²) in [6, 6.07) is 0. The monoisotopic (exact) mass is 336 g/mol. The number of fused-ring (bicyclic) bond motifs is 2. The average molecular weight is 336 g/mol. The van der Waals surface area contributed by atoms with Crippen LogP contribution in [0.1, 0.15) is 39.5 Å². The molecule has 4 fully saturated rings. The Morgan fingerprint density at radius 2 is 2.17 bits per heavy atom. The van der Waals surface area contributed by atoms with Crippen LogP contribution in [0.3, 0.4) is 0 Å². The zero-order valence-electron chi connectivity index (χ0n) is 15.5. The van der Waals surface area contributed by atoms with Gasteiger partial charge in [0.25, 0.3) is 0 Å². The van der Waals surface area contributed by atoms with Gasteiger partial charge in [-0.2, -0.15) is 0 Å². The SMILES string of the molecule is C[C@H]1CCC[C@]2(C)C[C@H]3OC(=O)C(CNCCN(C)C)[C@H]3[C@@H]3O[C@@]132. The molecule has 2 aliphatic carbocycles. The van der Waals surface area contributed by atoms with Crippen LogP contribution in [-0.4, -0.2) is 62.4 Å². The maximum Gasteiger partial charge on any atom is 0.311 e. The van der Waals surface area contributed by atoms with Crippen molar-refractivity contribution in [2.75, 3.05) is 33.7 Å². The fraction of sp³-hybridized carbons (Fsp3) is 0.947. The standard InChI is InChI=1S/C19H32N2O3/c1-12-6-5-7-18(2)10-14-15(16-19(12,18)24-16)13(17(22)23-14)11-20-8-9-21(3)4/h12-16,20H,5-11H2,1-4H3/t12-,13?,14+,15+,16-,18+,19-/m0/s1. The number of ether oxygens (including phenoxy) is 2. The molecule has 136 valence electrons. The fourth-order valence-electron chi connectivity index (χ4n) is 6.03. The summed E-state index contributed by atoms with van der Waals surface area (Å²) in [7, 11) is 4.13. The number of carbonyl (C=O) groups excluding carboxylic acids is 1. The molecule has 1 unspecified atom stereocenters. The molecule has 2 heterocycles. The number of likely N-dealkylation sites (N-methyl/N-ethyl adjacent to an activating group) is 1. The van der Waals surface area contributed by atoms with Crippen molar-refractivity contribution in [2.24, 2.45) is 23.2 Å². The van der Waals surface area contributed by atoms with Crippen LogP contribution in [-0.2, 0) is 14.3 Å². The molecule has 2 saturated heterocycles. The Hall–Kier alpha value is -0.650. The molecule has 0 aromatic rings. The van der Waals surface area contributed by atoms with E-state index in [-0.39, 0.29) is 41.0 Å². The molecule has 4 aliphatic rings. The van der Waals surface area contributed by atoms with Crippen molar-refractivity contribution in [1.82, 2.24) is 10.2 Å². The van der Waals surface area contributed by atoms with Crippen LogP contribution in [0.2, 0.25) is 0 Å². The molecule has 0 amide bonds. The van der Waals surface area contributed by atoms with Gasteiger partial charge in [0.2, 0.25) is 0 Å². The van der Waals surface area contributed by atoms with Crippen molar-refractivity contribution >= 4 is 5.97 Å². The highest BCUT2D eigenvalue weighted by Crippen LogP contribution is 2.70. The number of hydrogen-bond donors (Lipinski definition) is 1. The third-order valence-electron chi connectivity index (χ3n) is 7.29. The molecule has 0 bridgehead atoms. The number of rotatable bonds is 5. The molecule has 1 spiro atoms. The minimum absolute atomic E-state index is 0.0112. The Morgan fingerprint density at radius 1 is 1.38 bits per heavy atom. The second-order valence-corrected chi connectivity index (χ2v) is 9.06. The van der Waals surface area contributed by atoms with Crippen LogP contribution < -0.4 is 5.32 Å². The van der Waals surface area contributed by atoms with E-state index in [4.69, 9.17) is 9.47 Å². The van der Waals surface area contributed by atoms with Crippen molar-refractivity contribution < 1.29 is 14.3 Å². The normalized spacial score (nSPS) is 49.4. The van der Waals surface area contributed by atoms with Gasteiger partial charge in [0, 0.05) is 31.0 Å². The first-order chi connectivity index (χ1) is 11.4. The quantitative estimate of drug-likeness (QED) is 0.470. The van der Waals surface area contributed by atoms with Gasteiger partial charge in [-0.3, -0.25) is 4.79 Å². The van der Waals surface area contributed by atoms with Crippen LogP contribution in [0, 0.1) is 23.2 Å². The number of carbonyl (C=O) groups is 1. The molecule has 2 aliphatic heterocycles. The molecule has 2 saturated carbocycles. The highest BCUT2D eigenvalue weighted by molar-refractivity contribution is 5.76. The zero-order valence-corrected chi connectivity index (χ0v) is 15.5. The van der Waals surface area contributed by atoms with E-state index in [2.05, 4.69) is 38.2 Å². The predicted octanol–water partition coefficient (Wildman–Crippen LogP) is 1.66. The lowest BCUT2D eigenvalue weighted by molar-refractivity contribution is -0.146. The Labute approximate surface area is 145 Å². The minimum atomic E-state index is -0.0415. The summed E-state index contributed by atoms with van der Waals surface area (Å²) in [5.41, 5.74) is 0.201.